The van der Waals surface area contributed by atoms with Crippen LogP contribution in [0.4, 0.5) is 16.6 Å². The number of carbonyl (C=O) groups excluding carboxylic acids is 1. The summed E-state index contributed by atoms with van der Waals surface area (Å²) in [5, 5.41) is 8.09. The normalized spacial score (nSPS) is 11.0. The van der Waals surface area contributed by atoms with E-state index < -0.39 is 0 Å². The second-order valence-electron chi connectivity index (χ2n) is 5.36. The van der Waals surface area contributed by atoms with E-state index in [2.05, 4.69) is 25.6 Å². The van der Waals surface area contributed by atoms with E-state index >= 15 is 0 Å². The molecule has 0 aliphatic carbocycles. The standard InChI is InChI=1S/C17H12ClN5OS/c1-9(24)21-17-23-15-12(3-2-4-14(15)25-17)22-16-11-6-5-10(18)7-13(11)19-8-20-16/h2-8H,1H3,(H,19,20,22)(H,21,23,24). The summed E-state index contributed by atoms with van der Waals surface area (Å²) in [6.45, 7) is 1.46. The average molecular weight is 370 g/mol. The molecule has 0 saturated heterocycles. The maximum atomic E-state index is 11.3. The van der Waals surface area contributed by atoms with Gasteiger partial charge in [-0.3, -0.25) is 4.79 Å². The fraction of sp³-hybridized carbons (Fsp3) is 0.0588. The van der Waals surface area contributed by atoms with Crippen molar-refractivity contribution < 1.29 is 4.79 Å². The number of carbonyl (C=O) groups is 1. The van der Waals surface area contributed by atoms with Crippen molar-refractivity contribution in [3.05, 3.63) is 47.7 Å². The van der Waals surface area contributed by atoms with E-state index in [-0.39, 0.29) is 5.91 Å². The Labute approximate surface area is 151 Å². The highest BCUT2D eigenvalue weighted by Gasteiger charge is 2.11. The summed E-state index contributed by atoms with van der Waals surface area (Å²) >= 11 is 7.45. The molecule has 2 aromatic carbocycles. The molecule has 4 aromatic rings. The zero-order valence-corrected chi connectivity index (χ0v) is 14.6. The molecule has 2 aromatic heterocycles. The first-order valence-corrected chi connectivity index (χ1v) is 8.64. The van der Waals surface area contributed by atoms with Crippen LogP contribution in [0.1, 0.15) is 6.92 Å². The second-order valence-corrected chi connectivity index (χ2v) is 6.83. The van der Waals surface area contributed by atoms with Crippen LogP contribution in [0.25, 0.3) is 21.1 Å². The van der Waals surface area contributed by atoms with Crippen LogP contribution in [0.5, 0.6) is 0 Å². The van der Waals surface area contributed by atoms with Crippen molar-refractivity contribution in [3.63, 3.8) is 0 Å². The van der Waals surface area contributed by atoms with Gasteiger partial charge in [-0.25, -0.2) is 15.0 Å². The second kappa shape index (κ2) is 6.27. The van der Waals surface area contributed by atoms with E-state index in [4.69, 9.17) is 11.6 Å². The van der Waals surface area contributed by atoms with Crippen molar-refractivity contribution in [3.8, 4) is 0 Å². The van der Waals surface area contributed by atoms with Crippen LogP contribution < -0.4 is 10.6 Å². The Morgan fingerprint density at radius 2 is 2.08 bits per heavy atom. The lowest BCUT2D eigenvalue weighted by Crippen LogP contribution is -2.04. The predicted molar refractivity (Wildman–Crippen MR) is 102 cm³/mol. The van der Waals surface area contributed by atoms with Crippen molar-refractivity contribution in [2.75, 3.05) is 10.6 Å². The van der Waals surface area contributed by atoms with Crippen LogP contribution >= 0.6 is 22.9 Å². The summed E-state index contributed by atoms with van der Waals surface area (Å²) in [7, 11) is 0. The Balaban J connectivity index is 1.78. The van der Waals surface area contributed by atoms with Crippen molar-refractivity contribution in [2.45, 2.75) is 6.92 Å². The van der Waals surface area contributed by atoms with Gasteiger partial charge in [-0.2, -0.15) is 0 Å². The van der Waals surface area contributed by atoms with Crippen LogP contribution in [0, 0.1) is 0 Å². The molecule has 4 rings (SSSR count). The minimum Gasteiger partial charge on any atom is -0.338 e. The lowest BCUT2D eigenvalue weighted by atomic mass is 10.2. The van der Waals surface area contributed by atoms with Gasteiger partial charge in [0.2, 0.25) is 5.91 Å². The fourth-order valence-corrected chi connectivity index (χ4v) is 3.62. The van der Waals surface area contributed by atoms with Gasteiger partial charge in [-0.15, -0.1) is 0 Å². The van der Waals surface area contributed by atoms with Crippen LogP contribution in [-0.4, -0.2) is 20.9 Å². The molecule has 0 atom stereocenters. The SMILES string of the molecule is CC(=O)Nc1nc2c(Nc3ncnc4cc(Cl)ccc34)cccc2s1. The van der Waals surface area contributed by atoms with Gasteiger partial charge in [0.25, 0.3) is 0 Å². The number of thiazole rings is 1. The highest BCUT2D eigenvalue weighted by Crippen LogP contribution is 2.33. The number of nitrogens with one attached hydrogen (secondary N) is 2. The summed E-state index contributed by atoms with van der Waals surface area (Å²) < 4.78 is 0.968. The first-order chi connectivity index (χ1) is 12.1. The molecule has 0 aliphatic heterocycles. The number of anilines is 3. The number of fused-ring (bicyclic) bond motifs is 2. The largest absolute Gasteiger partial charge is 0.338 e. The highest BCUT2D eigenvalue weighted by atomic mass is 35.5. The Kier molecular flexibility index (Phi) is 3.95. The smallest absolute Gasteiger partial charge is 0.223 e. The monoisotopic (exact) mass is 369 g/mol. The Morgan fingerprint density at radius 1 is 1.20 bits per heavy atom. The molecule has 0 radical (unpaired) electrons. The number of halogens is 1. The third-order valence-corrected chi connectivity index (χ3v) is 4.72. The molecule has 0 unspecified atom stereocenters. The molecular formula is C17H12ClN5OS. The first-order valence-electron chi connectivity index (χ1n) is 7.44. The molecule has 124 valence electrons. The van der Waals surface area contributed by atoms with E-state index in [0.717, 1.165) is 26.8 Å². The molecule has 0 bridgehead atoms. The van der Waals surface area contributed by atoms with E-state index in [1.165, 1.54) is 24.6 Å². The van der Waals surface area contributed by atoms with Gasteiger partial charge < -0.3 is 10.6 Å². The molecule has 2 N–H and O–H groups in total. The van der Waals surface area contributed by atoms with Gasteiger partial charge in [-0.1, -0.05) is 29.0 Å². The molecule has 25 heavy (non-hydrogen) atoms. The van der Waals surface area contributed by atoms with Crippen molar-refractivity contribution in [1.82, 2.24) is 15.0 Å². The molecule has 0 saturated carbocycles. The number of hydrogen-bond acceptors (Lipinski definition) is 6. The lowest BCUT2D eigenvalue weighted by molar-refractivity contribution is -0.114. The number of rotatable bonds is 3. The van der Waals surface area contributed by atoms with E-state index in [1.54, 1.807) is 12.1 Å². The molecule has 0 spiro atoms. The minimum atomic E-state index is -0.146. The Morgan fingerprint density at radius 3 is 2.92 bits per heavy atom. The molecule has 0 fully saturated rings. The topological polar surface area (TPSA) is 79.8 Å². The van der Waals surface area contributed by atoms with Crippen molar-refractivity contribution in [2.24, 2.45) is 0 Å². The van der Waals surface area contributed by atoms with E-state index in [9.17, 15) is 4.79 Å². The minimum absolute atomic E-state index is 0.146. The average Bonchev–Trinajstić information content (AvgIpc) is 2.97. The van der Waals surface area contributed by atoms with E-state index in [1.807, 2.05) is 24.3 Å². The van der Waals surface area contributed by atoms with Crippen molar-refractivity contribution >= 4 is 66.6 Å². The van der Waals surface area contributed by atoms with Gasteiger partial charge in [0.15, 0.2) is 5.13 Å². The number of amides is 1. The van der Waals surface area contributed by atoms with Crippen LogP contribution in [0.3, 0.4) is 0 Å². The molecule has 8 heteroatoms. The fourth-order valence-electron chi connectivity index (χ4n) is 2.51. The molecule has 6 nitrogen and oxygen atoms in total. The van der Waals surface area contributed by atoms with Gasteiger partial charge in [0.1, 0.15) is 17.7 Å². The summed E-state index contributed by atoms with van der Waals surface area (Å²) in [6, 6.07) is 11.3. The van der Waals surface area contributed by atoms with Crippen LogP contribution in [0.2, 0.25) is 5.02 Å². The molecule has 2 heterocycles. The zero-order valence-electron chi connectivity index (χ0n) is 13.1. The van der Waals surface area contributed by atoms with Gasteiger partial charge in [-0.05, 0) is 30.3 Å². The summed E-state index contributed by atoms with van der Waals surface area (Å²) in [4.78, 5) is 24.3. The summed E-state index contributed by atoms with van der Waals surface area (Å²) in [5.74, 6) is 0.524. The highest BCUT2D eigenvalue weighted by molar-refractivity contribution is 7.22. The van der Waals surface area contributed by atoms with Gasteiger partial charge >= 0.3 is 0 Å². The van der Waals surface area contributed by atoms with E-state index in [0.29, 0.717) is 16.0 Å². The Hall–Kier alpha value is -2.77. The van der Waals surface area contributed by atoms with Crippen LogP contribution in [0.15, 0.2) is 42.7 Å². The zero-order chi connectivity index (χ0) is 17.4. The lowest BCUT2D eigenvalue weighted by Gasteiger charge is -2.09. The first kappa shape index (κ1) is 15.7. The molecular weight excluding hydrogens is 358 g/mol. The van der Waals surface area contributed by atoms with Gasteiger partial charge in [0.05, 0.1) is 15.9 Å². The molecule has 1 amide bonds. The number of benzene rings is 2. The quantitative estimate of drug-likeness (QED) is 0.552. The third-order valence-electron chi connectivity index (χ3n) is 3.55. The summed E-state index contributed by atoms with van der Waals surface area (Å²) in [5.41, 5.74) is 2.34. The van der Waals surface area contributed by atoms with Crippen LogP contribution in [-0.2, 0) is 4.79 Å². The predicted octanol–water partition coefficient (Wildman–Crippen LogP) is 4.59. The number of nitrogens with zero attached hydrogens (tertiary/aromatic N) is 3. The maximum absolute atomic E-state index is 11.3. The number of aromatic nitrogens is 3. The number of hydrogen-bond donors (Lipinski definition) is 2. The summed E-state index contributed by atoms with van der Waals surface area (Å²) in [6.07, 6.45) is 1.49. The molecule has 0 aliphatic rings. The third kappa shape index (κ3) is 3.11. The van der Waals surface area contributed by atoms with Crippen molar-refractivity contribution in [1.29, 1.82) is 0 Å². The Bertz CT molecular complexity index is 1110. The van der Waals surface area contributed by atoms with Gasteiger partial charge in [0, 0.05) is 17.3 Å². The number of para-hydroxylation sites is 1. The maximum Gasteiger partial charge on any atom is 0.223 e.